The van der Waals surface area contributed by atoms with Crippen molar-refractivity contribution >= 4 is 23.7 Å². The quantitative estimate of drug-likeness (QED) is 0.781. The second kappa shape index (κ2) is 7.39. The number of thioether (sulfide) groups is 1. The number of ether oxygens (including phenoxy) is 1. The minimum Gasteiger partial charge on any atom is -0.497 e. The SMILES string of the molecule is COc1ccc(-n2ccnc2SCC(=O)NC(=O)NC2CC2)cc1. The maximum absolute atomic E-state index is 11.8. The summed E-state index contributed by atoms with van der Waals surface area (Å²) in [5.41, 5.74) is 0.919. The van der Waals surface area contributed by atoms with E-state index >= 15 is 0 Å². The van der Waals surface area contributed by atoms with Gasteiger partial charge in [-0.05, 0) is 37.1 Å². The van der Waals surface area contributed by atoms with Gasteiger partial charge in [-0.15, -0.1) is 0 Å². The molecule has 0 saturated heterocycles. The average molecular weight is 346 g/mol. The van der Waals surface area contributed by atoms with Crippen LogP contribution in [0.25, 0.3) is 5.69 Å². The van der Waals surface area contributed by atoms with Gasteiger partial charge in [0.15, 0.2) is 5.16 Å². The molecule has 1 aromatic carbocycles. The molecule has 3 rings (SSSR count). The number of nitrogens with one attached hydrogen (secondary N) is 2. The number of amides is 3. The zero-order chi connectivity index (χ0) is 16.9. The average Bonchev–Trinajstić information content (AvgIpc) is 3.26. The van der Waals surface area contributed by atoms with E-state index in [-0.39, 0.29) is 17.7 Å². The molecule has 0 spiro atoms. The van der Waals surface area contributed by atoms with Gasteiger partial charge in [-0.1, -0.05) is 11.8 Å². The van der Waals surface area contributed by atoms with Gasteiger partial charge in [-0.3, -0.25) is 14.7 Å². The van der Waals surface area contributed by atoms with E-state index in [0.29, 0.717) is 5.16 Å². The van der Waals surface area contributed by atoms with Gasteiger partial charge in [0.1, 0.15) is 5.75 Å². The van der Waals surface area contributed by atoms with Crippen LogP contribution in [0.2, 0.25) is 0 Å². The van der Waals surface area contributed by atoms with Crippen molar-refractivity contribution in [2.24, 2.45) is 0 Å². The molecular formula is C16H18N4O3S. The predicted molar refractivity (Wildman–Crippen MR) is 90.5 cm³/mol. The molecule has 1 aliphatic rings. The van der Waals surface area contributed by atoms with Crippen molar-refractivity contribution < 1.29 is 14.3 Å². The Morgan fingerprint density at radius 3 is 2.75 bits per heavy atom. The Bertz CT molecular complexity index is 725. The van der Waals surface area contributed by atoms with Gasteiger partial charge >= 0.3 is 6.03 Å². The molecule has 8 heteroatoms. The molecule has 1 saturated carbocycles. The van der Waals surface area contributed by atoms with Gasteiger partial charge in [0.2, 0.25) is 5.91 Å². The number of urea groups is 1. The van der Waals surface area contributed by atoms with E-state index in [2.05, 4.69) is 15.6 Å². The van der Waals surface area contributed by atoms with Crippen LogP contribution >= 0.6 is 11.8 Å². The first-order chi connectivity index (χ1) is 11.7. The highest BCUT2D eigenvalue weighted by atomic mass is 32.2. The zero-order valence-electron chi connectivity index (χ0n) is 13.2. The topological polar surface area (TPSA) is 85.2 Å². The smallest absolute Gasteiger partial charge is 0.321 e. The lowest BCUT2D eigenvalue weighted by Crippen LogP contribution is -2.41. The summed E-state index contributed by atoms with van der Waals surface area (Å²) in [6, 6.07) is 7.33. The van der Waals surface area contributed by atoms with Crippen LogP contribution < -0.4 is 15.4 Å². The number of imidazole rings is 1. The molecule has 1 heterocycles. The van der Waals surface area contributed by atoms with Crippen LogP contribution in [0.15, 0.2) is 41.8 Å². The summed E-state index contributed by atoms with van der Waals surface area (Å²) in [5, 5.41) is 5.72. The minimum atomic E-state index is -0.429. The second-order valence-electron chi connectivity index (χ2n) is 5.36. The van der Waals surface area contributed by atoms with Crippen LogP contribution in [-0.4, -0.2) is 40.4 Å². The minimum absolute atomic E-state index is 0.116. The number of rotatable bonds is 6. The molecule has 0 radical (unpaired) electrons. The largest absolute Gasteiger partial charge is 0.497 e. The van der Waals surface area contributed by atoms with Crippen molar-refractivity contribution in [2.75, 3.05) is 12.9 Å². The summed E-state index contributed by atoms with van der Waals surface area (Å²) in [6.07, 6.45) is 5.46. The fourth-order valence-electron chi connectivity index (χ4n) is 2.08. The van der Waals surface area contributed by atoms with Crippen molar-refractivity contribution in [3.05, 3.63) is 36.7 Å². The monoisotopic (exact) mass is 346 g/mol. The maximum atomic E-state index is 11.8. The number of imide groups is 1. The lowest BCUT2D eigenvalue weighted by Gasteiger charge is -2.08. The molecule has 0 atom stereocenters. The first-order valence-corrected chi connectivity index (χ1v) is 8.55. The van der Waals surface area contributed by atoms with Gasteiger partial charge in [-0.25, -0.2) is 9.78 Å². The zero-order valence-corrected chi connectivity index (χ0v) is 14.0. The number of aromatic nitrogens is 2. The molecule has 2 N–H and O–H groups in total. The number of nitrogens with zero attached hydrogens (tertiary/aromatic N) is 2. The third-order valence-electron chi connectivity index (χ3n) is 3.46. The fourth-order valence-corrected chi connectivity index (χ4v) is 2.85. The Labute approximate surface area is 143 Å². The van der Waals surface area contributed by atoms with Crippen LogP contribution in [0.3, 0.4) is 0 Å². The third-order valence-corrected chi connectivity index (χ3v) is 4.42. The molecule has 1 aliphatic carbocycles. The molecule has 3 amide bonds. The summed E-state index contributed by atoms with van der Waals surface area (Å²) in [6.45, 7) is 0. The second-order valence-corrected chi connectivity index (χ2v) is 6.30. The normalized spacial score (nSPS) is 13.4. The van der Waals surface area contributed by atoms with E-state index < -0.39 is 6.03 Å². The number of methoxy groups -OCH3 is 1. The highest BCUT2D eigenvalue weighted by molar-refractivity contribution is 7.99. The molecule has 126 valence electrons. The molecule has 0 aliphatic heterocycles. The molecule has 7 nitrogen and oxygen atoms in total. The lowest BCUT2D eigenvalue weighted by atomic mass is 10.3. The van der Waals surface area contributed by atoms with Crippen molar-refractivity contribution in [3.8, 4) is 11.4 Å². The van der Waals surface area contributed by atoms with E-state index in [0.717, 1.165) is 24.3 Å². The van der Waals surface area contributed by atoms with Crippen LogP contribution in [0.5, 0.6) is 5.75 Å². The summed E-state index contributed by atoms with van der Waals surface area (Å²) in [7, 11) is 1.62. The predicted octanol–water partition coefficient (Wildman–Crippen LogP) is 1.96. The molecule has 1 fully saturated rings. The summed E-state index contributed by atoms with van der Waals surface area (Å²) >= 11 is 1.27. The van der Waals surface area contributed by atoms with E-state index in [1.807, 2.05) is 35.0 Å². The standard InChI is InChI=1S/C16H18N4O3S/c1-23-13-6-4-12(5-7-13)20-9-8-17-16(20)24-10-14(21)19-15(22)18-11-2-3-11/h4-9,11H,2-3,10H2,1H3,(H2,18,19,21,22). The summed E-state index contributed by atoms with van der Waals surface area (Å²) < 4.78 is 7.02. The van der Waals surface area contributed by atoms with Crippen molar-refractivity contribution in [1.29, 1.82) is 0 Å². The number of hydrogen-bond donors (Lipinski definition) is 2. The Balaban J connectivity index is 1.56. The van der Waals surface area contributed by atoms with Crippen LogP contribution in [0.1, 0.15) is 12.8 Å². The lowest BCUT2D eigenvalue weighted by molar-refractivity contribution is -0.117. The van der Waals surface area contributed by atoms with E-state index in [9.17, 15) is 9.59 Å². The summed E-state index contributed by atoms with van der Waals surface area (Å²) in [5.74, 6) is 0.544. The molecule has 0 unspecified atom stereocenters. The summed E-state index contributed by atoms with van der Waals surface area (Å²) in [4.78, 5) is 27.6. The Morgan fingerprint density at radius 2 is 2.08 bits per heavy atom. The van der Waals surface area contributed by atoms with Crippen molar-refractivity contribution in [2.45, 2.75) is 24.0 Å². The highest BCUT2D eigenvalue weighted by Gasteiger charge is 2.23. The molecular weight excluding hydrogens is 328 g/mol. The Hall–Kier alpha value is -2.48. The van der Waals surface area contributed by atoms with Gasteiger partial charge < -0.3 is 10.1 Å². The van der Waals surface area contributed by atoms with E-state index in [4.69, 9.17) is 4.74 Å². The molecule has 24 heavy (non-hydrogen) atoms. The van der Waals surface area contributed by atoms with Crippen molar-refractivity contribution in [3.63, 3.8) is 0 Å². The van der Waals surface area contributed by atoms with Gasteiger partial charge in [0.05, 0.1) is 12.9 Å². The molecule has 0 bridgehead atoms. The number of hydrogen-bond acceptors (Lipinski definition) is 5. The van der Waals surface area contributed by atoms with E-state index in [1.54, 1.807) is 13.3 Å². The molecule has 2 aromatic rings. The molecule has 1 aromatic heterocycles. The third kappa shape index (κ3) is 4.29. The first-order valence-electron chi connectivity index (χ1n) is 7.56. The van der Waals surface area contributed by atoms with Gasteiger partial charge in [-0.2, -0.15) is 0 Å². The Morgan fingerprint density at radius 1 is 1.33 bits per heavy atom. The fraction of sp³-hybridized carbons (Fsp3) is 0.312. The number of carbonyl (C=O) groups is 2. The highest BCUT2D eigenvalue weighted by Crippen LogP contribution is 2.22. The van der Waals surface area contributed by atoms with Crippen LogP contribution in [-0.2, 0) is 4.79 Å². The number of carbonyl (C=O) groups excluding carboxylic acids is 2. The van der Waals surface area contributed by atoms with Gasteiger partial charge in [0, 0.05) is 24.1 Å². The van der Waals surface area contributed by atoms with Gasteiger partial charge in [0.25, 0.3) is 0 Å². The van der Waals surface area contributed by atoms with Crippen LogP contribution in [0.4, 0.5) is 4.79 Å². The van der Waals surface area contributed by atoms with Crippen molar-refractivity contribution in [1.82, 2.24) is 20.2 Å². The Kier molecular flexibility index (Phi) is 5.05. The maximum Gasteiger partial charge on any atom is 0.321 e. The first kappa shape index (κ1) is 16.4. The van der Waals surface area contributed by atoms with E-state index in [1.165, 1.54) is 11.8 Å². The number of benzene rings is 1. The van der Waals surface area contributed by atoms with Crippen LogP contribution in [0, 0.1) is 0 Å².